The minimum atomic E-state index is 0.0491. The fraction of sp³-hybridized carbons (Fsp3) is 0.417. The highest BCUT2D eigenvalue weighted by atomic mass is 35.5. The molecule has 2 rings (SSSR count). The fourth-order valence-corrected chi connectivity index (χ4v) is 1.86. The van der Waals surface area contributed by atoms with Gasteiger partial charge in [-0.2, -0.15) is 0 Å². The first kappa shape index (κ1) is 11.3. The predicted octanol–water partition coefficient (Wildman–Crippen LogP) is 2.94. The lowest BCUT2D eigenvalue weighted by molar-refractivity contribution is -0.117. The largest absolute Gasteiger partial charge is 0.495 e. The topological polar surface area (TPSA) is 38.3 Å². The molecule has 0 spiro atoms. The maximum Gasteiger partial charge on any atom is 0.227 e. The van der Waals surface area contributed by atoms with E-state index in [1.54, 1.807) is 25.3 Å². The van der Waals surface area contributed by atoms with Gasteiger partial charge in [-0.1, -0.05) is 18.5 Å². The minimum Gasteiger partial charge on any atom is -0.495 e. The standard InChI is InChI=1S/C12H14ClNO2/c1-7-5-9(7)12(15)14-10-6-8(13)3-4-11(10)16-2/h3-4,6-7,9H,5H2,1-2H3,(H,14,15). The number of methoxy groups -OCH3 is 1. The summed E-state index contributed by atoms with van der Waals surface area (Å²) in [7, 11) is 1.57. The highest BCUT2D eigenvalue weighted by molar-refractivity contribution is 6.31. The van der Waals surface area contributed by atoms with Gasteiger partial charge in [0.05, 0.1) is 12.8 Å². The number of amides is 1. The lowest BCUT2D eigenvalue weighted by atomic mass is 10.2. The highest BCUT2D eigenvalue weighted by Crippen LogP contribution is 2.39. The molecule has 3 nitrogen and oxygen atoms in total. The van der Waals surface area contributed by atoms with Gasteiger partial charge >= 0.3 is 0 Å². The van der Waals surface area contributed by atoms with Crippen LogP contribution in [0.2, 0.25) is 5.02 Å². The average Bonchev–Trinajstić information content (AvgIpc) is 2.96. The quantitative estimate of drug-likeness (QED) is 0.881. The molecule has 1 aromatic carbocycles. The van der Waals surface area contributed by atoms with Crippen molar-refractivity contribution in [3.05, 3.63) is 23.2 Å². The van der Waals surface area contributed by atoms with Crippen LogP contribution >= 0.6 is 11.6 Å². The zero-order chi connectivity index (χ0) is 11.7. The first-order chi connectivity index (χ1) is 7.61. The number of anilines is 1. The van der Waals surface area contributed by atoms with Crippen molar-refractivity contribution in [3.63, 3.8) is 0 Å². The summed E-state index contributed by atoms with van der Waals surface area (Å²) in [6.45, 7) is 2.07. The molecule has 0 aromatic heterocycles. The van der Waals surface area contributed by atoms with Crippen LogP contribution < -0.4 is 10.1 Å². The average molecular weight is 240 g/mol. The number of halogens is 1. The van der Waals surface area contributed by atoms with Crippen LogP contribution in [0.15, 0.2) is 18.2 Å². The maximum absolute atomic E-state index is 11.8. The Kier molecular flexibility index (Phi) is 3.06. The molecule has 4 heteroatoms. The molecule has 1 N–H and O–H groups in total. The van der Waals surface area contributed by atoms with Crippen LogP contribution in [0.1, 0.15) is 13.3 Å². The van der Waals surface area contributed by atoms with Crippen molar-refractivity contribution < 1.29 is 9.53 Å². The van der Waals surface area contributed by atoms with Crippen LogP contribution in [0, 0.1) is 11.8 Å². The number of hydrogen-bond acceptors (Lipinski definition) is 2. The van der Waals surface area contributed by atoms with E-state index in [9.17, 15) is 4.79 Å². The van der Waals surface area contributed by atoms with Crippen molar-refractivity contribution in [1.82, 2.24) is 0 Å². The third kappa shape index (κ3) is 2.30. The van der Waals surface area contributed by atoms with Crippen molar-refractivity contribution >= 4 is 23.2 Å². The summed E-state index contributed by atoms with van der Waals surface area (Å²) in [4.78, 5) is 11.8. The summed E-state index contributed by atoms with van der Waals surface area (Å²) in [6, 6.07) is 5.18. The van der Waals surface area contributed by atoms with Crippen molar-refractivity contribution in [3.8, 4) is 5.75 Å². The van der Waals surface area contributed by atoms with E-state index in [1.165, 1.54) is 0 Å². The van der Waals surface area contributed by atoms with Gasteiger partial charge in [-0.05, 0) is 30.5 Å². The molecule has 1 saturated carbocycles. The molecule has 86 valence electrons. The molecule has 2 unspecified atom stereocenters. The fourth-order valence-electron chi connectivity index (χ4n) is 1.69. The number of benzene rings is 1. The molecule has 1 fully saturated rings. The van der Waals surface area contributed by atoms with Gasteiger partial charge in [-0.25, -0.2) is 0 Å². The van der Waals surface area contributed by atoms with Crippen LogP contribution in [-0.2, 0) is 4.79 Å². The van der Waals surface area contributed by atoms with E-state index in [4.69, 9.17) is 16.3 Å². The molecule has 1 aromatic rings. The molecule has 0 heterocycles. The van der Waals surface area contributed by atoms with Crippen molar-refractivity contribution in [2.24, 2.45) is 11.8 Å². The summed E-state index contributed by atoms with van der Waals surface area (Å²) >= 11 is 5.87. The van der Waals surface area contributed by atoms with E-state index >= 15 is 0 Å². The summed E-state index contributed by atoms with van der Waals surface area (Å²) in [5, 5.41) is 3.43. The second-order valence-electron chi connectivity index (χ2n) is 4.15. The predicted molar refractivity (Wildman–Crippen MR) is 63.9 cm³/mol. The Morgan fingerprint density at radius 1 is 1.56 bits per heavy atom. The summed E-state index contributed by atoms with van der Waals surface area (Å²) in [5.74, 6) is 1.31. The van der Waals surface area contributed by atoms with Crippen LogP contribution in [0.25, 0.3) is 0 Å². The molecular weight excluding hydrogens is 226 g/mol. The number of rotatable bonds is 3. The van der Waals surface area contributed by atoms with Crippen LogP contribution in [0.5, 0.6) is 5.75 Å². The first-order valence-corrected chi connectivity index (χ1v) is 5.64. The van der Waals surface area contributed by atoms with Gasteiger partial charge in [0.2, 0.25) is 5.91 Å². The molecule has 1 amide bonds. The third-order valence-electron chi connectivity index (χ3n) is 2.87. The molecule has 0 saturated heterocycles. The van der Waals surface area contributed by atoms with Crippen molar-refractivity contribution in [2.45, 2.75) is 13.3 Å². The Morgan fingerprint density at radius 2 is 2.25 bits per heavy atom. The summed E-state index contributed by atoms with van der Waals surface area (Å²) in [5.41, 5.74) is 0.638. The first-order valence-electron chi connectivity index (χ1n) is 5.26. The monoisotopic (exact) mass is 239 g/mol. The SMILES string of the molecule is COc1ccc(Cl)cc1NC(=O)C1CC1C. The van der Waals surface area contributed by atoms with Crippen LogP contribution in [-0.4, -0.2) is 13.0 Å². The molecule has 1 aliphatic rings. The van der Waals surface area contributed by atoms with Gasteiger partial charge in [0.1, 0.15) is 5.75 Å². The van der Waals surface area contributed by atoms with Gasteiger partial charge in [-0.3, -0.25) is 4.79 Å². The number of ether oxygens (including phenoxy) is 1. The zero-order valence-corrected chi connectivity index (χ0v) is 10.0. The molecule has 1 aliphatic carbocycles. The van der Waals surface area contributed by atoms with Gasteiger partial charge in [0, 0.05) is 10.9 Å². The molecule has 0 radical (unpaired) electrons. The molecule has 0 aliphatic heterocycles. The number of carbonyl (C=O) groups excluding carboxylic acids is 1. The van der Waals surface area contributed by atoms with E-state index in [-0.39, 0.29) is 11.8 Å². The van der Waals surface area contributed by atoms with Gasteiger partial charge < -0.3 is 10.1 Å². The second-order valence-corrected chi connectivity index (χ2v) is 4.59. The third-order valence-corrected chi connectivity index (χ3v) is 3.10. The Bertz CT molecular complexity index is 419. The normalized spacial score (nSPS) is 22.7. The number of hydrogen-bond donors (Lipinski definition) is 1. The maximum atomic E-state index is 11.8. The van der Waals surface area contributed by atoms with Gasteiger partial charge in [0.15, 0.2) is 0 Å². The molecule has 2 atom stereocenters. The second kappa shape index (κ2) is 4.34. The molecule has 0 bridgehead atoms. The van der Waals surface area contributed by atoms with E-state index in [0.29, 0.717) is 22.4 Å². The van der Waals surface area contributed by atoms with Crippen LogP contribution in [0.4, 0.5) is 5.69 Å². The Morgan fingerprint density at radius 3 is 2.81 bits per heavy atom. The van der Waals surface area contributed by atoms with Crippen LogP contribution in [0.3, 0.4) is 0 Å². The van der Waals surface area contributed by atoms with E-state index in [0.717, 1.165) is 6.42 Å². The summed E-state index contributed by atoms with van der Waals surface area (Å²) < 4.78 is 5.15. The van der Waals surface area contributed by atoms with Gasteiger partial charge in [-0.15, -0.1) is 0 Å². The highest BCUT2D eigenvalue weighted by Gasteiger charge is 2.39. The number of nitrogens with one attached hydrogen (secondary N) is 1. The Hall–Kier alpha value is -1.22. The minimum absolute atomic E-state index is 0.0491. The zero-order valence-electron chi connectivity index (χ0n) is 9.29. The summed E-state index contributed by atoms with van der Waals surface area (Å²) in [6.07, 6.45) is 0.967. The lowest BCUT2D eigenvalue weighted by Crippen LogP contribution is -2.15. The number of carbonyl (C=O) groups is 1. The Balaban J connectivity index is 2.13. The van der Waals surface area contributed by atoms with E-state index in [2.05, 4.69) is 12.2 Å². The Labute approximate surface area is 99.7 Å². The van der Waals surface area contributed by atoms with Gasteiger partial charge in [0.25, 0.3) is 0 Å². The molecule has 16 heavy (non-hydrogen) atoms. The van der Waals surface area contributed by atoms with E-state index < -0.39 is 0 Å². The van der Waals surface area contributed by atoms with Crippen molar-refractivity contribution in [1.29, 1.82) is 0 Å². The van der Waals surface area contributed by atoms with E-state index in [1.807, 2.05) is 0 Å². The molecular formula is C12H14ClNO2. The van der Waals surface area contributed by atoms with Crippen molar-refractivity contribution in [2.75, 3.05) is 12.4 Å². The smallest absolute Gasteiger partial charge is 0.227 e. The lowest BCUT2D eigenvalue weighted by Gasteiger charge is -2.10.